The Balaban J connectivity index is 0.000000467. The van der Waals surface area contributed by atoms with E-state index in [-0.39, 0.29) is 58.6 Å². The number of aliphatic hydroxyl groups excluding tert-OH is 1. The topological polar surface area (TPSA) is 101 Å². The second-order valence-electron chi connectivity index (χ2n) is 29.7. The summed E-state index contributed by atoms with van der Waals surface area (Å²) in [5.74, 6) is 4.49. The summed E-state index contributed by atoms with van der Waals surface area (Å²) in [4.78, 5) is 57.6. The molecule has 0 bridgehead atoms. The molecule has 0 radical (unpaired) electrons. The molecule has 9 heteroatoms. The van der Waals surface area contributed by atoms with Crippen molar-refractivity contribution in [1.82, 2.24) is 19.6 Å². The third-order valence-corrected chi connectivity index (χ3v) is 13.8. The molecule has 4 aliphatic carbocycles. The molecule has 4 fully saturated rings. The first-order valence-corrected chi connectivity index (χ1v) is 28.5. The average molecular weight is 988 g/mol. The van der Waals surface area contributed by atoms with Crippen molar-refractivity contribution in [3.63, 3.8) is 0 Å². The van der Waals surface area contributed by atoms with Gasteiger partial charge in [-0.1, -0.05) is 138 Å². The van der Waals surface area contributed by atoms with Crippen LogP contribution in [0.5, 0.6) is 0 Å². The lowest BCUT2D eigenvalue weighted by atomic mass is 9.80. The van der Waals surface area contributed by atoms with Crippen LogP contribution in [0.15, 0.2) is 0 Å². The molecule has 0 unspecified atom stereocenters. The highest BCUT2D eigenvalue weighted by Crippen LogP contribution is 2.38. The van der Waals surface area contributed by atoms with Crippen LogP contribution >= 0.6 is 0 Å². The van der Waals surface area contributed by atoms with Crippen molar-refractivity contribution in [3.05, 3.63) is 0 Å². The first-order valence-electron chi connectivity index (χ1n) is 28.5. The van der Waals surface area contributed by atoms with Crippen molar-refractivity contribution in [1.29, 1.82) is 0 Å². The van der Waals surface area contributed by atoms with Gasteiger partial charge in [-0.2, -0.15) is 0 Å². The molecule has 0 saturated heterocycles. The lowest BCUT2D eigenvalue weighted by molar-refractivity contribution is -0.141. The molecule has 0 aromatic heterocycles. The summed E-state index contributed by atoms with van der Waals surface area (Å²) in [5, 5.41) is 9.63. The summed E-state index contributed by atoms with van der Waals surface area (Å²) in [5.41, 5.74) is 0.925. The van der Waals surface area contributed by atoms with Gasteiger partial charge in [0.25, 0.3) is 0 Å². The number of carbonyl (C=O) groups excluding carboxylic acids is 4. The summed E-state index contributed by atoms with van der Waals surface area (Å²) in [6.45, 7) is 55.3. The molecule has 9 nitrogen and oxygen atoms in total. The third-order valence-electron chi connectivity index (χ3n) is 13.8. The maximum absolute atomic E-state index is 12.5. The third kappa shape index (κ3) is 28.3. The molecule has 4 rings (SSSR count). The van der Waals surface area contributed by atoms with Crippen LogP contribution in [0.4, 0.5) is 0 Å². The molecule has 0 aromatic carbocycles. The van der Waals surface area contributed by atoms with E-state index < -0.39 is 0 Å². The Bertz CT molecular complexity index is 1500. The summed E-state index contributed by atoms with van der Waals surface area (Å²) in [7, 11) is 0. The minimum absolute atomic E-state index is 0.0118. The number of rotatable bonds is 21. The van der Waals surface area contributed by atoms with Crippen LogP contribution in [-0.2, 0) is 19.2 Å². The van der Waals surface area contributed by atoms with Crippen LogP contribution in [0.3, 0.4) is 0 Å². The van der Waals surface area contributed by atoms with Gasteiger partial charge in [-0.25, -0.2) is 0 Å². The Labute approximate surface area is 434 Å². The predicted molar refractivity (Wildman–Crippen MR) is 297 cm³/mol. The van der Waals surface area contributed by atoms with E-state index in [1.165, 1.54) is 51.4 Å². The number of aliphatic hydroxyl groups is 1. The second kappa shape index (κ2) is 27.9. The van der Waals surface area contributed by atoms with Crippen molar-refractivity contribution in [2.24, 2.45) is 69.0 Å². The number of carbonyl (C=O) groups is 4. The minimum Gasteiger partial charge on any atom is -0.394 e. The van der Waals surface area contributed by atoms with Gasteiger partial charge in [0.2, 0.25) is 23.6 Å². The SMILES string of the molecule is CC(C)C(=O)N(CC1CC1)C(C)(C)CC(C)(C)C.CC(C)C(=O)N(CC1CC1)[C@@H](C)CC(C)(C)C.CC(C)C(=O)N(CC1CC1)[C@@H](CO)CC(C)(C)C.CC(C)C(=O)N(CC1CC1)[C@H](C)CC(C)(C)C. The highest BCUT2D eigenvalue weighted by molar-refractivity contribution is 5.80. The Hall–Kier alpha value is -2.16. The van der Waals surface area contributed by atoms with Crippen molar-refractivity contribution in [3.8, 4) is 0 Å². The van der Waals surface area contributed by atoms with Crippen LogP contribution in [0, 0.1) is 69.0 Å². The van der Waals surface area contributed by atoms with E-state index >= 15 is 0 Å². The summed E-state index contributed by atoms with van der Waals surface area (Å²) in [6, 6.07) is 0.705. The van der Waals surface area contributed by atoms with Gasteiger partial charge >= 0.3 is 0 Å². The molecular weight excluding hydrogens is 869 g/mol. The van der Waals surface area contributed by atoms with E-state index in [2.05, 4.69) is 125 Å². The molecule has 0 spiro atoms. The molecule has 4 amide bonds. The second-order valence-corrected chi connectivity index (χ2v) is 29.7. The fourth-order valence-corrected chi connectivity index (χ4v) is 10.00. The normalized spacial score (nSPS) is 17.9. The van der Waals surface area contributed by atoms with Gasteiger partial charge in [0.05, 0.1) is 12.6 Å². The van der Waals surface area contributed by atoms with Crippen molar-refractivity contribution >= 4 is 23.6 Å². The Kier molecular flexibility index (Phi) is 26.3. The lowest BCUT2D eigenvalue weighted by Gasteiger charge is -2.43. The van der Waals surface area contributed by atoms with Crippen LogP contribution in [-0.4, -0.2) is 105 Å². The zero-order valence-electron chi connectivity index (χ0n) is 50.7. The standard InChI is InChI=1S/C16H31NO.C15H29NO2.2C15H29NO/c1-12(2)14(18)17(10-13-8-9-13)16(6,7)11-15(3,4)5;1-11(2)14(18)16(9-12-6-7-12)13(10-17)8-15(3,4)5;2*1-11(2)14(17)16(10-13-7-8-13)12(3)9-15(4,5)6/h12-13H,8-11H2,1-7H3;11-13,17H,6-10H2,1-5H3;2*11-13H,7-10H2,1-6H3/t;13-;2*12-/m.110/s1. The monoisotopic (exact) mass is 987 g/mol. The maximum atomic E-state index is 12.5. The molecule has 1 N–H and O–H groups in total. The molecule has 3 atom stereocenters. The Morgan fingerprint density at radius 2 is 0.671 bits per heavy atom. The van der Waals surface area contributed by atoms with Crippen LogP contribution in [0.1, 0.15) is 243 Å². The Morgan fingerprint density at radius 3 is 0.914 bits per heavy atom. The van der Waals surface area contributed by atoms with E-state index in [4.69, 9.17) is 0 Å². The van der Waals surface area contributed by atoms with Crippen LogP contribution in [0.25, 0.3) is 0 Å². The highest BCUT2D eigenvalue weighted by atomic mass is 16.3. The molecule has 4 saturated carbocycles. The molecule has 0 aromatic rings. The molecule has 4 aliphatic rings. The van der Waals surface area contributed by atoms with Crippen molar-refractivity contribution in [2.75, 3.05) is 32.8 Å². The maximum Gasteiger partial charge on any atom is 0.225 e. The molecule has 412 valence electrons. The first-order chi connectivity index (χ1) is 31.7. The summed E-state index contributed by atoms with van der Waals surface area (Å²) < 4.78 is 0. The molecule has 70 heavy (non-hydrogen) atoms. The molecule has 0 aliphatic heterocycles. The van der Waals surface area contributed by atoms with E-state index in [1.807, 2.05) is 60.3 Å². The quantitative estimate of drug-likeness (QED) is 0.123. The van der Waals surface area contributed by atoms with Crippen molar-refractivity contribution < 1.29 is 24.3 Å². The molecule has 0 heterocycles. The van der Waals surface area contributed by atoms with Gasteiger partial charge in [0.15, 0.2) is 0 Å². The van der Waals surface area contributed by atoms with E-state index in [0.29, 0.717) is 46.6 Å². The first kappa shape index (κ1) is 65.9. The Morgan fingerprint density at radius 1 is 0.400 bits per heavy atom. The van der Waals surface area contributed by atoms with Gasteiger partial charge < -0.3 is 24.7 Å². The number of amides is 4. The zero-order chi connectivity index (χ0) is 54.5. The van der Waals surface area contributed by atoms with Gasteiger partial charge in [-0.3, -0.25) is 19.2 Å². The average Bonchev–Trinajstić information content (AvgIpc) is 3.98. The van der Waals surface area contributed by atoms with Gasteiger partial charge in [-0.15, -0.1) is 0 Å². The molecular formula is C61H118N4O5. The van der Waals surface area contributed by atoms with Crippen LogP contribution < -0.4 is 0 Å². The summed E-state index contributed by atoms with van der Waals surface area (Å²) in [6.07, 6.45) is 14.4. The minimum atomic E-state index is -0.0395. The number of hydrogen-bond acceptors (Lipinski definition) is 5. The summed E-state index contributed by atoms with van der Waals surface area (Å²) >= 11 is 0. The van der Waals surface area contributed by atoms with Crippen LogP contribution in [0.2, 0.25) is 0 Å². The van der Waals surface area contributed by atoms with Gasteiger partial charge in [-0.05, 0) is 150 Å². The zero-order valence-corrected chi connectivity index (χ0v) is 50.7. The number of hydrogen-bond donors (Lipinski definition) is 1. The smallest absolute Gasteiger partial charge is 0.225 e. The predicted octanol–water partition coefficient (Wildman–Crippen LogP) is 14.2. The largest absolute Gasteiger partial charge is 0.394 e. The van der Waals surface area contributed by atoms with E-state index in [9.17, 15) is 24.3 Å². The van der Waals surface area contributed by atoms with E-state index in [0.717, 1.165) is 69.6 Å². The van der Waals surface area contributed by atoms with Crippen molar-refractivity contribution in [2.45, 2.75) is 267 Å². The number of nitrogens with zero attached hydrogens (tertiary/aromatic N) is 4. The van der Waals surface area contributed by atoms with Gasteiger partial charge in [0, 0.05) is 67.5 Å². The lowest BCUT2D eigenvalue weighted by Crippen LogP contribution is -2.51. The van der Waals surface area contributed by atoms with Gasteiger partial charge in [0.1, 0.15) is 0 Å². The van der Waals surface area contributed by atoms with E-state index in [1.54, 1.807) is 0 Å². The highest BCUT2D eigenvalue weighted by Gasteiger charge is 2.39. The fourth-order valence-electron chi connectivity index (χ4n) is 10.00. The fraction of sp³-hybridized carbons (Fsp3) is 0.934.